The van der Waals surface area contributed by atoms with E-state index < -0.39 is 0 Å². The van der Waals surface area contributed by atoms with Gasteiger partial charge < -0.3 is 5.32 Å². The van der Waals surface area contributed by atoms with Crippen LogP contribution >= 0.6 is 24.0 Å². The SMILES string of the molecule is Cc1cccc(NC(=O)CCCCCN2C(=O)/C(=C/c3c4ccccc4cc4ccccc34)SC2=S)c1. The number of rotatable bonds is 8. The third kappa shape index (κ3) is 5.76. The van der Waals surface area contributed by atoms with Crippen molar-refractivity contribution in [3.63, 3.8) is 0 Å². The van der Waals surface area contributed by atoms with Crippen molar-refractivity contribution in [1.82, 2.24) is 4.90 Å². The van der Waals surface area contributed by atoms with Gasteiger partial charge in [0.1, 0.15) is 4.32 Å². The van der Waals surface area contributed by atoms with Gasteiger partial charge in [0.2, 0.25) is 5.91 Å². The molecule has 0 spiro atoms. The Morgan fingerprint density at radius 3 is 2.32 bits per heavy atom. The van der Waals surface area contributed by atoms with Gasteiger partial charge in [0, 0.05) is 18.7 Å². The summed E-state index contributed by atoms with van der Waals surface area (Å²) in [6, 6.07) is 26.5. The molecule has 0 radical (unpaired) electrons. The van der Waals surface area contributed by atoms with Gasteiger partial charge in [-0.25, -0.2) is 0 Å². The molecule has 186 valence electrons. The van der Waals surface area contributed by atoms with Crippen LogP contribution in [0.5, 0.6) is 0 Å². The lowest BCUT2D eigenvalue weighted by Crippen LogP contribution is -2.29. The van der Waals surface area contributed by atoms with Crippen LogP contribution in [0.4, 0.5) is 5.69 Å². The Balaban J connectivity index is 1.21. The van der Waals surface area contributed by atoms with Gasteiger partial charge in [0.05, 0.1) is 4.91 Å². The first-order valence-electron chi connectivity index (χ1n) is 12.5. The predicted octanol–water partition coefficient (Wildman–Crippen LogP) is 7.70. The fraction of sp³-hybridized carbons (Fsp3) is 0.194. The molecular weight excluding hydrogens is 496 g/mol. The zero-order valence-electron chi connectivity index (χ0n) is 20.7. The number of unbranched alkanes of at least 4 members (excludes halogenated alkanes) is 2. The Bertz CT molecular complexity index is 1490. The van der Waals surface area contributed by atoms with Crippen LogP contribution in [0.2, 0.25) is 0 Å². The third-order valence-corrected chi connectivity index (χ3v) is 7.93. The number of carbonyl (C=O) groups is 2. The second-order valence-electron chi connectivity index (χ2n) is 9.29. The lowest BCUT2D eigenvalue weighted by Gasteiger charge is -2.14. The number of thiocarbonyl (C=S) groups is 1. The van der Waals surface area contributed by atoms with Crippen LogP contribution in [0, 0.1) is 6.92 Å². The fourth-order valence-electron chi connectivity index (χ4n) is 4.71. The number of carbonyl (C=O) groups excluding carboxylic acids is 2. The smallest absolute Gasteiger partial charge is 0.266 e. The molecule has 1 aliphatic rings. The molecule has 0 aromatic heterocycles. The summed E-state index contributed by atoms with van der Waals surface area (Å²) in [6.07, 6.45) is 4.88. The number of hydrogen-bond donors (Lipinski definition) is 1. The van der Waals surface area contributed by atoms with Crippen molar-refractivity contribution in [3.8, 4) is 0 Å². The topological polar surface area (TPSA) is 49.4 Å². The number of thioether (sulfide) groups is 1. The Labute approximate surface area is 226 Å². The minimum absolute atomic E-state index is 0.0152. The van der Waals surface area contributed by atoms with Crippen molar-refractivity contribution in [3.05, 3.63) is 94.9 Å². The number of benzene rings is 4. The quantitative estimate of drug-likeness (QED) is 0.111. The summed E-state index contributed by atoms with van der Waals surface area (Å²) >= 11 is 6.94. The lowest BCUT2D eigenvalue weighted by molar-refractivity contribution is -0.122. The molecule has 37 heavy (non-hydrogen) atoms. The van der Waals surface area contributed by atoms with Crippen molar-refractivity contribution in [2.24, 2.45) is 0 Å². The average Bonchev–Trinajstić information content (AvgIpc) is 3.15. The highest BCUT2D eigenvalue weighted by Crippen LogP contribution is 2.36. The van der Waals surface area contributed by atoms with Gasteiger partial charge in [-0.1, -0.05) is 91.1 Å². The van der Waals surface area contributed by atoms with E-state index in [1.54, 1.807) is 4.90 Å². The van der Waals surface area contributed by atoms with Crippen LogP contribution in [0.1, 0.15) is 36.8 Å². The van der Waals surface area contributed by atoms with Gasteiger partial charge in [-0.05, 0) is 76.7 Å². The van der Waals surface area contributed by atoms with Crippen molar-refractivity contribution in [2.45, 2.75) is 32.6 Å². The zero-order chi connectivity index (χ0) is 25.8. The molecule has 4 aromatic carbocycles. The number of anilines is 1. The number of fused-ring (bicyclic) bond motifs is 2. The minimum atomic E-state index is -0.0378. The summed E-state index contributed by atoms with van der Waals surface area (Å²) in [5.41, 5.74) is 2.99. The van der Waals surface area contributed by atoms with Crippen molar-refractivity contribution in [2.75, 3.05) is 11.9 Å². The Morgan fingerprint density at radius 1 is 0.919 bits per heavy atom. The first-order valence-corrected chi connectivity index (χ1v) is 13.7. The van der Waals surface area contributed by atoms with Crippen molar-refractivity contribution in [1.29, 1.82) is 0 Å². The summed E-state index contributed by atoms with van der Waals surface area (Å²) in [5.74, 6) is -0.0225. The highest BCUT2D eigenvalue weighted by Gasteiger charge is 2.31. The second kappa shape index (κ2) is 11.3. The predicted molar refractivity (Wildman–Crippen MR) is 160 cm³/mol. The van der Waals surface area contributed by atoms with E-state index in [4.69, 9.17) is 12.2 Å². The second-order valence-corrected chi connectivity index (χ2v) is 11.0. The molecule has 4 nitrogen and oxygen atoms in total. The number of amides is 2. The zero-order valence-corrected chi connectivity index (χ0v) is 22.3. The summed E-state index contributed by atoms with van der Waals surface area (Å²) in [7, 11) is 0. The number of hydrogen-bond acceptors (Lipinski definition) is 4. The van der Waals surface area contributed by atoms with E-state index in [0.717, 1.165) is 57.6 Å². The molecule has 1 N–H and O–H groups in total. The van der Waals surface area contributed by atoms with E-state index in [1.807, 2.05) is 61.5 Å². The fourth-order valence-corrected chi connectivity index (χ4v) is 6.00. The highest BCUT2D eigenvalue weighted by molar-refractivity contribution is 8.26. The summed E-state index contributed by atoms with van der Waals surface area (Å²) < 4.78 is 0.595. The molecule has 5 rings (SSSR count). The van der Waals surface area contributed by atoms with Crippen LogP contribution in [-0.4, -0.2) is 27.6 Å². The average molecular weight is 525 g/mol. The molecule has 1 aliphatic heterocycles. The summed E-state index contributed by atoms with van der Waals surface area (Å²) in [6.45, 7) is 2.57. The molecule has 0 unspecified atom stereocenters. The molecule has 6 heteroatoms. The van der Waals surface area contributed by atoms with E-state index in [1.165, 1.54) is 11.8 Å². The normalized spacial score (nSPS) is 14.7. The maximum absolute atomic E-state index is 13.3. The molecule has 1 fully saturated rings. The maximum atomic E-state index is 13.3. The highest BCUT2D eigenvalue weighted by atomic mass is 32.2. The van der Waals surface area contributed by atoms with Gasteiger partial charge in [-0.3, -0.25) is 14.5 Å². The Kier molecular flexibility index (Phi) is 7.68. The van der Waals surface area contributed by atoms with Gasteiger partial charge >= 0.3 is 0 Å². The van der Waals surface area contributed by atoms with Gasteiger partial charge in [-0.15, -0.1) is 0 Å². The minimum Gasteiger partial charge on any atom is -0.326 e. The molecular formula is C31H28N2O2S2. The summed E-state index contributed by atoms with van der Waals surface area (Å²) in [4.78, 5) is 27.9. The molecule has 1 saturated heterocycles. The first kappa shape index (κ1) is 25.2. The van der Waals surface area contributed by atoms with Crippen molar-refractivity contribution < 1.29 is 9.59 Å². The van der Waals surface area contributed by atoms with Crippen LogP contribution in [0.15, 0.2) is 83.8 Å². The first-order chi connectivity index (χ1) is 18.0. The van der Waals surface area contributed by atoms with E-state index >= 15 is 0 Å². The standard InChI is InChI=1S/C31H28N2O2S2/c1-21-10-9-13-24(18-21)32-29(34)16-3-2-8-17-33-30(35)28(37-31(33)36)20-27-25-14-6-4-11-22(25)19-23-12-5-7-15-26(23)27/h4-7,9-15,18-20H,2-3,8,16-17H2,1H3,(H,32,34)/b28-20-. The Hall–Kier alpha value is -3.48. The Morgan fingerprint density at radius 2 is 1.62 bits per heavy atom. The van der Waals surface area contributed by atoms with E-state index in [-0.39, 0.29) is 11.8 Å². The van der Waals surface area contributed by atoms with Gasteiger partial charge in [0.15, 0.2) is 0 Å². The van der Waals surface area contributed by atoms with Crippen LogP contribution in [0.3, 0.4) is 0 Å². The molecule has 0 aliphatic carbocycles. The number of nitrogens with zero attached hydrogens (tertiary/aromatic N) is 1. The monoisotopic (exact) mass is 524 g/mol. The van der Waals surface area contributed by atoms with Crippen molar-refractivity contribution >= 4 is 73.4 Å². The molecule has 2 amide bonds. The summed E-state index contributed by atoms with van der Waals surface area (Å²) in [5, 5.41) is 7.48. The van der Waals surface area contributed by atoms with Gasteiger partial charge in [0.25, 0.3) is 5.91 Å². The third-order valence-electron chi connectivity index (χ3n) is 6.55. The lowest BCUT2D eigenvalue weighted by atomic mass is 9.96. The van der Waals surface area contributed by atoms with Crippen LogP contribution < -0.4 is 5.32 Å². The van der Waals surface area contributed by atoms with E-state index in [2.05, 4.69) is 35.6 Å². The molecule has 0 atom stereocenters. The van der Waals surface area contributed by atoms with Gasteiger partial charge in [-0.2, -0.15) is 0 Å². The van der Waals surface area contributed by atoms with E-state index in [9.17, 15) is 9.59 Å². The number of nitrogens with one attached hydrogen (secondary N) is 1. The van der Waals surface area contributed by atoms with Crippen LogP contribution in [-0.2, 0) is 9.59 Å². The molecule has 0 saturated carbocycles. The van der Waals surface area contributed by atoms with Crippen LogP contribution in [0.25, 0.3) is 27.6 Å². The number of aryl methyl sites for hydroxylation is 1. The molecule has 1 heterocycles. The van der Waals surface area contributed by atoms with E-state index in [0.29, 0.717) is 22.2 Å². The molecule has 4 aromatic rings. The molecule has 0 bridgehead atoms. The maximum Gasteiger partial charge on any atom is 0.266 e. The largest absolute Gasteiger partial charge is 0.326 e.